The number of hydrogen-bond acceptors (Lipinski definition) is 1. The lowest BCUT2D eigenvalue weighted by Crippen LogP contribution is -2.27. The first kappa shape index (κ1) is 14.1. The van der Waals surface area contributed by atoms with Crippen molar-refractivity contribution >= 4 is 0 Å². The van der Waals surface area contributed by atoms with E-state index >= 15 is 0 Å². The average Bonchev–Trinajstić information content (AvgIpc) is 2.82. The number of fused-ring (bicyclic) bond motifs is 1. The fourth-order valence-corrected chi connectivity index (χ4v) is 4.59. The maximum absolute atomic E-state index is 9.92. The Kier molecular flexibility index (Phi) is 3.90. The third-order valence-corrected chi connectivity index (χ3v) is 5.97. The Morgan fingerprint density at radius 2 is 1.95 bits per heavy atom. The van der Waals surface area contributed by atoms with Crippen LogP contribution in [-0.2, 0) is 0 Å². The number of allylic oxidation sites excluding steroid dienone is 3. The van der Waals surface area contributed by atoms with Crippen LogP contribution in [0.1, 0.15) is 64.7 Å². The summed E-state index contributed by atoms with van der Waals surface area (Å²) in [5.41, 5.74) is 4.68. The quantitative estimate of drug-likeness (QED) is 0.671. The average molecular weight is 272 g/mol. The molecule has 3 aliphatic rings. The van der Waals surface area contributed by atoms with Crippen LogP contribution in [0.25, 0.3) is 0 Å². The van der Waals surface area contributed by atoms with Crippen LogP contribution < -0.4 is 0 Å². The van der Waals surface area contributed by atoms with Crippen molar-refractivity contribution in [3.05, 3.63) is 35.5 Å². The zero-order valence-corrected chi connectivity index (χ0v) is 12.8. The van der Waals surface area contributed by atoms with Crippen molar-refractivity contribution in [1.82, 2.24) is 0 Å². The van der Waals surface area contributed by atoms with E-state index in [1.54, 1.807) is 5.57 Å². The highest BCUT2D eigenvalue weighted by molar-refractivity contribution is 5.27. The van der Waals surface area contributed by atoms with Crippen LogP contribution in [0.15, 0.2) is 35.5 Å². The molecular formula is C19H28O. The van der Waals surface area contributed by atoms with Gasteiger partial charge in [-0.15, -0.1) is 0 Å². The Hall–Kier alpha value is -0.820. The van der Waals surface area contributed by atoms with Crippen LogP contribution in [-0.4, -0.2) is 11.2 Å². The van der Waals surface area contributed by atoms with Gasteiger partial charge < -0.3 is 5.11 Å². The lowest BCUT2D eigenvalue weighted by atomic mass is 9.67. The molecule has 3 saturated carbocycles. The van der Waals surface area contributed by atoms with Crippen LogP contribution in [0.4, 0.5) is 0 Å². The zero-order valence-electron chi connectivity index (χ0n) is 12.8. The first-order valence-electron chi connectivity index (χ1n) is 8.33. The molecule has 0 aromatic carbocycles. The lowest BCUT2D eigenvalue weighted by molar-refractivity contribution is 0.197. The van der Waals surface area contributed by atoms with E-state index in [0.717, 1.165) is 30.8 Å². The highest BCUT2D eigenvalue weighted by Crippen LogP contribution is 2.54. The Labute approximate surface area is 123 Å². The van der Waals surface area contributed by atoms with Crippen LogP contribution in [0.3, 0.4) is 0 Å². The molecule has 0 spiro atoms. The monoisotopic (exact) mass is 272 g/mol. The van der Waals surface area contributed by atoms with E-state index in [0.29, 0.717) is 5.41 Å². The van der Waals surface area contributed by atoms with E-state index in [1.165, 1.54) is 44.1 Å². The van der Waals surface area contributed by atoms with Gasteiger partial charge in [-0.3, -0.25) is 0 Å². The molecule has 1 unspecified atom stereocenters. The SMILES string of the molecule is C=C1CC/C(=C/C=C2\CCC[C@]3(C)CCC[C@@H]23)CC1O. The third kappa shape index (κ3) is 2.65. The van der Waals surface area contributed by atoms with Gasteiger partial charge in [-0.1, -0.05) is 43.2 Å². The molecule has 0 amide bonds. The molecule has 0 aliphatic heterocycles. The summed E-state index contributed by atoms with van der Waals surface area (Å²) >= 11 is 0. The molecule has 3 fully saturated rings. The topological polar surface area (TPSA) is 20.2 Å². The minimum atomic E-state index is -0.309. The zero-order chi connectivity index (χ0) is 14.2. The van der Waals surface area contributed by atoms with Crippen molar-refractivity contribution in [2.45, 2.75) is 70.8 Å². The number of aliphatic hydroxyl groups excluding tert-OH is 1. The molecule has 110 valence electrons. The van der Waals surface area contributed by atoms with Crippen molar-refractivity contribution in [2.24, 2.45) is 11.3 Å². The fraction of sp³-hybridized carbons (Fsp3) is 0.684. The Morgan fingerprint density at radius 1 is 1.15 bits per heavy atom. The first-order chi connectivity index (χ1) is 9.58. The molecule has 0 aromatic heterocycles. The molecule has 3 atom stereocenters. The summed E-state index contributed by atoms with van der Waals surface area (Å²) in [6, 6.07) is 0. The summed E-state index contributed by atoms with van der Waals surface area (Å²) in [5.74, 6) is 0.830. The predicted molar refractivity (Wildman–Crippen MR) is 84.5 cm³/mol. The lowest BCUT2D eigenvalue weighted by Gasteiger charge is -2.38. The van der Waals surface area contributed by atoms with Crippen LogP contribution in [0.5, 0.6) is 0 Å². The standard InChI is InChI=1S/C19H28O/c1-14-7-8-15(13-18(14)20)9-10-16-5-3-11-19(2)12-4-6-17(16)19/h9-10,17-18,20H,1,3-8,11-13H2,2H3/b15-9-,16-10+/t17-,18?,19+/m0/s1. The first-order valence-corrected chi connectivity index (χ1v) is 8.33. The van der Waals surface area contributed by atoms with Gasteiger partial charge in [0.25, 0.3) is 0 Å². The predicted octanol–water partition coefficient (Wildman–Crippen LogP) is 4.93. The van der Waals surface area contributed by atoms with Gasteiger partial charge in [0, 0.05) is 0 Å². The molecule has 1 N–H and O–H groups in total. The minimum absolute atomic E-state index is 0.309. The van der Waals surface area contributed by atoms with Gasteiger partial charge >= 0.3 is 0 Å². The molecule has 1 heteroatoms. The molecule has 0 bridgehead atoms. The van der Waals surface area contributed by atoms with E-state index in [-0.39, 0.29) is 6.10 Å². The maximum Gasteiger partial charge on any atom is 0.0784 e. The molecule has 3 aliphatic carbocycles. The van der Waals surface area contributed by atoms with Gasteiger partial charge in [-0.25, -0.2) is 0 Å². The highest BCUT2D eigenvalue weighted by atomic mass is 16.3. The maximum atomic E-state index is 9.92. The van der Waals surface area contributed by atoms with E-state index in [4.69, 9.17) is 0 Å². The highest BCUT2D eigenvalue weighted by Gasteiger charge is 2.42. The fourth-order valence-electron chi connectivity index (χ4n) is 4.59. The van der Waals surface area contributed by atoms with Gasteiger partial charge in [0.2, 0.25) is 0 Å². The van der Waals surface area contributed by atoms with Crippen LogP contribution >= 0.6 is 0 Å². The Balaban J connectivity index is 1.73. The van der Waals surface area contributed by atoms with E-state index < -0.39 is 0 Å². The molecular weight excluding hydrogens is 244 g/mol. The van der Waals surface area contributed by atoms with E-state index in [2.05, 4.69) is 25.7 Å². The second kappa shape index (κ2) is 5.52. The molecule has 0 heterocycles. The minimum Gasteiger partial charge on any atom is -0.388 e. The van der Waals surface area contributed by atoms with Gasteiger partial charge in [0.15, 0.2) is 0 Å². The van der Waals surface area contributed by atoms with E-state index in [1.807, 2.05) is 0 Å². The number of rotatable bonds is 1. The summed E-state index contributed by atoms with van der Waals surface area (Å²) in [6.07, 6.45) is 15.5. The Morgan fingerprint density at radius 3 is 2.75 bits per heavy atom. The van der Waals surface area contributed by atoms with Crippen molar-refractivity contribution in [1.29, 1.82) is 0 Å². The van der Waals surface area contributed by atoms with Crippen molar-refractivity contribution < 1.29 is 5.11 Å². The second-order valence-electron chi connectivity index (χ2n) is 7.40. The van der Waals surface area contributed by atoms with Gasteiger partial charge in [0.1, 0.15) is 0 Å². The third-order valence-electron chi connectivity index (χ3n) is 5.97. The molecule has 3 rings (SSSR count). The number of hydrogen-bond donors (Lipinski definition) is 1. The Bertz CT molecular complexity index is 456. The van der Waals surface area contributed by atoms with Crippen molar-refractivity contribution in [2.75, 3.05) is 0 Å². The molecule has 20 heavy (non-hydrogen) atoms. The number of aliphatic hydroxyl groups is 1. The van der Waals surface area contributed by atoms with Crippen molar-refractivity contribution in [3.63, 3.8) is 0 Å². The van der Waals surface area contributed by atoms with Gasteiger partial charge in [-0.05, 0) is 68.3 Å². The smallest absolute Gasteiger partial charge is 0.0784 e. The normalized spacial score (nSPS) is 42.2. The van der Waals surface area contributed by atoms with Gasteiger partial charge in [-0.2, -0.15) is 0 Å². The largest absolute Gasteiger partial charge is 0.388 e. The second-order valence-corrected chi connectivity index (χ2v) is 7.40. The summed E-state index contributed by atoms with van der Waals surface area (Å²) in [6.45, 7) is 6.44. The molecule has 0 saturated heterocycles. The summed E-state index contributed by atoms with van der Waals surface area (Å²) in [7, 11) is 0. The van der Waals surface area contributed by atoms with Gasteiger partial charge in [0.05, 0.1) is 6.10 Å². The summed E-state index contributed by atoms with van der Waals surface area (Å²) in [4.78, 5) is 0. The molecule has 1 nitrogen and oxygen atoms in total. The van der Waals surface area contributed by atoms with Crippen molar-refractivity contribution in [3.8, 4) is 0 Å². The van der Waals surface area contributed by atoms with Crippen LogP contribution in [0.2, 0.25) is 0 Å². The summed E-state index contributed by atoms with van der Waals surface area (Å²) < 4.78 is 0. The molecule has 0 aromatic rings. The molecule has 0 radical (unpaired) electrons. The summed E-state index contributed by atoms with van der Waals surface area (Å²) in [5, 5.41) is 9.92. The van der Waals surface area contributed by atoms with E-state index in [9.17, 15) is 5.11 Å². The van der Waals surface area contributed by atoms with Crippen LogP contribution in [0, 0.1) is 11.3 Å².